The molecular weight excluding hydrogens is 320 g/mol. The zero-order chi connectivity index (χ0) is 16.9. The van der Waals surface area contributed by atoms with Gasteiger partial charge in [-0.1, -0.05) is 66.4 Å². The Morgan fingerprint density at radius 2 is 1.75 bits per heavy atom. The molecule has 0 aliphatic heterocycles. The van der Waals surface area contributed by atoms with Crippen molar-refractivity contribution >= 4 is 40.8 Å². The van der Waals surface area contributed by atoms with Crippen molar-refractivity contribution in [2.45, 2.75) is 17.2 Å². The molecule has 2 aromatic carbocycles. The number of thioether (sulfide) groups is 1. The number of carbonyl (C=O) groups is 1. The van der Waals surface area contributed by atoms with Gasteiger partial charge in [-0.05, 0) is 24.6 Å². The number of aliphatic carboxylic acids is 1. The van der Waals surface area contributed by atoms with Crippen molar-refractivity contribution in [3.05, 3.63) is 66.0 Å². The fourth-order valence-corrected chi connectivity index (χ4v) is 3.06. The number of hydrogen-bond acceptors (Lipinski definition) is 4. The van der Waals surface area contributed by atoms with E-state index in [1.165, 1.54) is 11.8 Å². The van der Waals surface area contributed by atoms with Gasteiger partial charge in [0.1, 0.15) is 10.3 Å². The molecule has 0 aliphatic carbocycles. The predicted octanol–water partition coefficient (Wildman–Crippen LogP) is 4.37. The summed E-state index contributed by atoms with van der Waals surface area (Å²) in [4.78, 5) is 20.2. The van der Waals surface area contributed by atoms with Gasteiger partial charge in [0, 0.05) is 5.39 Å². The third kappa shape index (κ3) is 3.81. The minimum atomic E-state index is -0.857. The van der Waals surface area contributed by atoms with Crippen molar-refractivity contribution in [2.24, 2.45) is 0 Å². The lowest BCUT2D eigenvalue weighted by Crippen LogP contribution is -2.11. The normalized spacial score (nSPS) is 12.5. The van der Waals surface area contributed by atoms with E-state index in [-0.39, 0.29) is 0 Å². The Balaban J connectivity index is 2.00. The molecule has 1 heterocycles. The Morgan fingerprint density at radius 1 is 1.04 bits per heavy atom. The highest BCUT2D eigenvalue weighted by Gasteiger charge is 2.16. The van der Waals surface area contributed by atoms with Gasteiger partial charge in [0.05, 0.1) is 5.52 Å². The molecule has 0 spiro atoms. The summed E-state index contributed by atoms with van der Waals surface area (Å²) >= 11 is 1.23. The summed E-state index contributed by atoms with van der Waals surface area (Å²) in [7, 11) is 0. The average molecular weight is 336 g/mol. The van der Waals surface area contributed by atoms with Crippen LogP contribution in [-0.2, 0) is 4.79 Å². The summed E-state index contributed by atoms with van der Waals surface area (Å²) in [5, 5.41) is 10.1. The monoisotopic (exact) mass is 336 g/mol. The topological polar surface area (TPSA) is 63.1 Å². The zero-order valence-electron chi connectivity index (χ0n) is 13.1. The van der Waals surface area contributed by atoms with E-state index in [9.17, 15) is 4.79 Å². The summed E-state index contributed by atoms with van der Waals surface area (Å²) in [6, 6.07) is 17.5. The van der Waals surface area contributed by atoms with Crippen LogP contribution in [-0.4, -0.2) is 26.3 Å². The van der Waals surface area contributed by atoms with Crippen LogP contribution in [0.1, 0.15) is 18.3 Å². The Labute approximate surface area is 144 Å². The maximum Gasteiger partial charge on any atom is 0.316 e. The quantitative estimate of drug-likeness (QED) is 0.554. The van der Waals surface area contributed by atoms with E-state index in [2.05, 4.69) is 9.97 Å². The number of para-hydroxylation sites is 1. The van der Waals surface area contributed by atoms with Gasteiger partial charge in [-0.25, -0.2) is 9.97 Å². The molecule has 0 unspecified atom stereocenters. The van der Waals surface area contributed by atoms with Crippen molar-refractivity contribution < 1.29 is 9.90 Å². The smallest absolute Gasteiger partial charge is 0.316 e. The molecule has 0 fully saturated rings. The Kier molecular flexibility index (Phi) is 4.91. The molecule has 0 amide bonds. The second-order valence-corrected chi connectivity index (χ2v) is 6.58. The summed E-state index contributed by atoms with van der Waals surface area (Å²) in [6.07, 6.45) is 3.79. The molecule has 1 atom stereocenters. The molecule has 24 heavy (non-hydrogen) atoms. The van der Waals surface area contributed by atoms with Crippen LogP contribution in [0.3, 0.4) is 0 Å². The highest BCUT2D eigenvalue weighted by molar-refractivity contribution is 8.00. The van der Waals surface area contributed by atoms with Crippen LogP contribution in [0, 0.1) is 0 Å². The van der Waals surface area contributed by atoms with Crippen molar-refractivity contribution in [3.63, 3.8) is 0 Å². The van der Waals surface area contributed by atoms with Crippen LogP contribution in [0.4, 0.5) is 0 Å². The third-order valence-corrected chi connectivity index (χ3v) is 4.54. The van der Waals surface area contributed by atoms with E-state index in [0.717, 1.165) is 16.5 Å². The maximum atomic E-state index is 11.2. The Morgan fingerprint density at radius 3 is 2.50 bits per heavy atom. The summed E-state index contributed by atoms with van der Waals surface area (Å²) in [6.45, 7) is 1.66. The molecular formula is C19H16N2O2S. The minimum Gasteiger partial charge on any atom is -0.480 e. The molecule has 0 saturated heterocycles. The van der Waals surface area contributed by atoms with E-state index in [1.807, 2.05) is 66.7 Å². The van der Waals surface area contributed by atoms with Crippen molar-refractivity contribution in [3.8, 4) is 0 Å². The number of nitrogens with zero attached hydrogens (tertiary/aromatic N) is 2. The fourth-order valence-electron chi connectivity index (χ4n) is 2.18. The Hall–Kier alpha value is -2.66. The lowest BCUT2D eigenvalue weighted by molar-refractivity contribution is -0.136. The van der Waals surface area contributed by atoms with Gasteiger partial charge in [-0.2, -0.15) is 0 Å². The first kappa shape index (κ1) is 16.2. The second kappa shape index (κ2) is 7.27. The molecule has 3 rings (SSSR count). The minimum absolute atomic E-state index is 0.567. The number of benzene rings is 2. The molecule has 0 aliphatic rings. The first-order chi connectivity index (χ1) is 11.6. The molecule has 5 heteroatoms. The van der Waals surface area contributed by atoms with Crippen LogP contribution < -0.4 is 0 Å². The van der Waals surface area contributed by atoms with Gasteiger partial charge < -0.3 is 5.11 Å². The SMILES string of the molecule is C[C@H](Sc1nc(/C=C/c2ccccc2)nc2ccccc12)C(=O)O. The van der Waals surface area contributed by atoms with Crippen LogP contribution in [0.15, 0.2) is 59.6 Å². The second-order valence-electron chi connectivity index (χ2n) is 5.25. The number of aromatic nitrogens is 2. The van der Waals surface area contributed by atoms with Crippen LogP contribution in [0.25, 0.3) is 23.1 Å². The standard InChI is InChI=1S/C19H16N2O2S/c1-13(19(22)23)24-18-15-9-5-6-10-16(15)20-17(21-18)12-11-14-7-3-2-4-8-14/h2-13H,1H3,(H,22,23)/b12-11+/t13-/m0/s1. The van der Waals surface area contributed by atoms with Gasteiger partial charge in [0.15, 0.2) is 5.82 Å². The first-order valence-electron chi connectivity index (χ1n) is 7.53. The fraction of sp³-hybridized carbons (Fsp3) is 0.105. The van der Waals surface area contributed by atoms with Gasteiger partial charge in [0.25, 0.3) is 0 Å². The average Bonchev–Trinajstić information content (AvgIpc) is 2.60. The molecule has 4 nitrogen and oxygen atoms in total. The van der Waals surface area contributed by atoms with Crippen LogP contribution in [0.5, 0.6) is 0 Å². The highest BCUT2D eigenvalue weighted by atomic mass is 32.2. The summed E-state index contributed by atoms with van der Waals surface area (Å²) < 4.78 is 0. The van der Waals surface area contributed by atoms with Crippen LogP contribution >= 0.6 is 11.8 Å². The molecule has 0 bridgehead atoms. The van der Waals surface area contributed by atoms with Gasteiger partial charge >= 0.3 is 5.97 Å². The van der Waals surface area contributed by atoms with E-state index in [1.54, 1.807) is 6.92 Å². The zero-order valence-corrected chi connectivity index (χ0v) is 13.9. The number of carboxylic acids is 1. The molecule has 1 N–H and O–H groups in total. The number of rotatable bonds is 5. The largest absolute Gasteiger partial charge is 0.480 e. The van der Waals surface area contributed by atoms with Crippen molar-refractivity contribution in [1.29, 1.82) is 0 Å². The molecule has 3 aromatic rings. The Bertz CT molecular complexity index is 894. The molecule has 1 aromatic heterocycles. The maximum absolute atomic E-state index is 11.2. The number of fused-ring (bicyclic) bond motifs is 1. The molecule has 120 valence electrons. The van der Waals surface area contributed by atoms with E-state index < -0.39 is 11.2 Å². The van der Waals surface area contributed by atoms with Crippen molar-refractivity contribution in [1.82, 2.24) is 9.97 Å². The van der Waals surface area contributed by atoms with E-state index in [0.29, 0.717) is 10.9 Å². The summed E-state index contributed by atoms with van der Waals surface area (Å²) in [5.74, 6) is -0.290. The van der Waals surface area contributed by atoms with Gasteiger partial charge in [-0.15, -0.1) is 0 Å². The van der Waals surface area contributed by atoms with Crippen molar-refractivity contribution in [2.75, 3.05) is 0 Å². The highest BCUT2D eigenvalue weighted by Crippen LogP contribution is 2.29. The van der Waals surface area contributed by atoms with Crippen LogP contribution in [0.2, 0.25) is 0 Å². The van der Waals surface area contributed by atoms with Gasteiger partial charge in [0.2, 0.25) is 0 Å². The third-order valence-electron chi connectivity index (χ3n) is 3.45. The first-order valence-corrected chi connectivity index (χ1v) is 8.41. The van der Waals surface area contributed by atoms with E-state index in [4.69, 9.17) is 5.11 Å². The number of carboxylic acid groups (broad SMARTS) is 1. The summed E-state index contributed by atoms with van der Waals surface area (Å²) in [5.41, 5.74) is 1.86. The predicted molar refractivity (Wildman–Crippen MR) is 97.9 cm³/mol. The molecule has 0 saturated carbocycles. The van der Waals surface area contributed by atoms with Gasteiger partial charge in [-0.3, -0.25) is 4.79 Å². The van der Waals surface area contributed by atoms with E-state index >= 15 is 0 Å². The lowest BCUT2D eigenvalue weighted by Gasteiger charge is -2.09. The number of hydrogen-bond donors (Lipinski definition) is 1. The molecule has 0 radical (unpaired) electrons. The lowest BCUT2D eigenvalue weighted by atomic mass is 10.2.